The summed E-state index contributed by atoms with van der Waals surface area (Å²) in [6, 6.07) is 15.4. The number of benzene rings is 2. The Kier molecular flexibility index (Phi) is 3.75. The van der Waals surface area contributed by atoms with Crippen molar-refractivity contribution in [2.24, 2.45) is 0 Å². The Balaban J connectivity index is 1.81. The zero-order valence-electron chi connectivity index (χ0n) is 11.4. The molecule has 1 heterocycles. The molecule has 5 heteroatoms. The van der Waals surface area contributed by atoms with Crippen molar-refractivity contribution < 1.29 is 4.79 Å². The molecule has 0 aliphatic heterocycles. The monoisotopic (exact) mass is 343 g/mol. The smallest absolute Gasteiger partial charge is 0.272 e. The van der Waals surface area contributed by atoms with Crippen LogP contribution in [0, 0.1) is 0 Å². The molecular weight excluding hydrogens is 330 g/mol. The minimum Gasteiger partial charge on any atom is -0.344 e. The van der Waals surface area contributed by atoms with Crippen LogP contribution in [0.15, 0.2) is 53.0 Å². The molecule has 0 unspecified atom stereocenters. The van der Waals surface area contributed by atoms with E-state index in [1.54, 1.807) is 0 Å². The van der Waals surface area contributed by atoms with Crippen LogP contribution in [-0.4, -0.2) is 16.1 Å². The van der Waals surface area contributed by atoms with Gasteiger partial charge in [0.25, 0.3) is 5.91 Å². The molecule has 0 fully saturated rings. The minimum absolute atomic E-state index is 0.0823. The molecule has 4 nitrogen and oxygen atoms in total. The van der Waals surface area contributed by atoms with Crippen molar-refractivity contribution >= 4 is 32.7 Å². The number of nitrogens with one attached hydrogen (secondary N) is 2. The maximum absolute atomic E-state index is 12.4. The van der Waals surface area contributed by atoms with Crippen LogP contribution >= 0.6 is 15.9 Å². The van der Waals surface area contributed by atoms with E-state index < -0.39 is 0 Å². The van der Waals surface area contributed by atoms with Crippen LogP contribution in [-0.2, 0) is 0 Å². The van der Waals surface area contributed by atoms with E-state index >= 15 is 0 Å². The molecule has 0 aliphatic carbocycles. The van der Waals surface area contributed by atoms with E-state index in [4.69, 9.17) is 0 Å². The molecule has 1 atom stereocenters. The summed E-state index contributed by atoms with van der Waals surface area (Å²) in [7, 11) is 0. The van der Waals surface area contributed by atoms with Crippen molar-refractivity contribution in [2.45, 2.75) is 13.0 Å². The molecule has 2 N–H and O–H groups in total. The third-order valence-electron chi connectivity index (χ3n) is 3.40. The van der Waals surface area contributed by atoms with Crippen LogP contribution in [0.3, 0.4) is 0 Å². The number of nitrogens with zero attached hydrogens (tertiary/aromatic N) is 1. The molecule has 106 valence electrons. The van der Waals surface area contributed by atoms with Gasteiger partial charge in [0.05, 0.1) is 11.6 Å². The Morgan fingerprint density at radius 1 is 1.19 bits per heavy atom. The summed E-state index contributed by atoms with van der Waals surface area (Å²) in [6.45, 7) is 1.95. The number of hydrogen-bond acceptors (Lipinski definition) is 2. The summed E-state index contributed by atoms with van der Waals surface area (Å²) in [4.78, 5) is 12.4. The predicted molar refractivity (Wildman–Crippen MR) is 86.1 cm³/mol. The van der Waals surface area contributed by atoms with E-state index in [-0.39, 0.29) is 11.9 Å². The zero-order chi connectivity index (χ0) is 14.8. The van der Waals surface area contributed by atoms with Gasteiger partial charge in [-0.05, 0) is 30.7 Å². The molecule has 3 rings (SSSR count). The van der Waals surface area contributed by atoms with Crippen LogP contribution in [0.1, 0.15) is 29.0 Å². The van der Waals surface area contributed by atoms with E-state index in [1.165, 1.54) is 0 Å². The van der Waals surface area contributed by atoms with Crippen LogP contribution in [0.5, 0.6) is 0 Å². The summed E-state index contributed by atoms with van der Waals surface area (Å²) < 4.78 is 1.02. The van der Waals surface area contributed by atoms with Gasteiger partial charge in [0.2, 0.25) is 0 Å². The first-order valence-corrected chi connectivity index (χ1v) is 7.44. The van der Waals surface area contributed by atoms with Crippen molar-refractivity contribution in [1.82, 2.24) is 15.5 Å². The van der Waals surface area contributed by atoms with Crippen molar-refractivity contribution in [3.05, 3.63) is 64.3 Å². The second-order valence-electron chi connectivity index (χ2n) is 4.86. The molecule has 2 aromatic carbocycles. The molecule has 1 aromatic heterocycles. The SMILES string of the molecule is C[C@H](NC(=O)c1n[nH]c2ccccc12)c1ccc(Br)cc1. The number of H-pyrrole nitrogens is 1. The number of carbonyl (C=O) groups excluding carboxylic acids is 1. The Hall–Kier alpha value is -2.14. The van der Waals surface area contributed by atoms with Gasteiger partial charge in [0.1, 0.15) is 0 Å². The van der Waals surface area contributed by atoms with Gasteiger partial charge in [0, 0.05) is 9.86 Å². The molecule has 21 heavy (non-hydrogen) atoms. The molecule has 0 spiro atoms. The number of rotatable bonds is 3. The average Bonchev–Trinajstić information content (AvgIpc) is 2.92. The number of amides is 1. The van der Waals surface area contributed by atoms with Crippen LogP contribution in [0.4, 0.5) is 0 Å². The highest BCUT2D eigenvalue weighted by atomic mass is 79.9. The van der Waals surface area contributed by atoms with Gasteiger partial charge < -0.3 is 5.32 Å². The van der Waals surface area contributed by atoms with Crippen molar-refractivity contribution in [2.75, 3.05) is 0 Å². The van der Waals surface area contributed by atoms with E-state index in [0.29, 0.717) is 5.69 Å². The minimum atomic E-state index is -0.178. The lowest BCUT2D eigenvalue weighted by Crippen LogP contribution is -2.27. The zero-order valence-corrected chi connectivity index (χ0v) is 13.0. The highest BCUT2D eigenvalue weighted by molar-refractivity contribution is 9.10. The van der Waals surface area contributed by atoms with E-state index in [0.717, 1.165) is 20.9 Å². The average molecular weight is 344 g/mol. The first kappa shape index (κ1) is 13.8. The van der Waals surface area contributed by atoms with Gasteiger partial charge in [-0.25, -0.2) is 0 Å². The van der Waals surface area contributed by atoms with Gasteiger partial charge in [-0.2, -0.15) is 5.10 Å². The third kappa shape index (κ3) is 2.83. The molecule has 0 bridgehead atoms. The quantitative estimate of drug-likeness (QED) is 0.759. The topological polar surface area (TPSA) is 57.8 Å². The lowest BCUT2D eigenvalue weighted by molar-refractivity contribution is 0.0936. The molecular formula is C16H14BrN3O. The van der Waals surface area contributed by atoms with Crippen LogP contribution in [0.2, 0.25) is 0 Å². The van der Waals surface area contributed by atoms with E-state index in [9.17, 15) is 4.79 Å². The maximum Gasteiger partial charge on any atom is 0.272 e. The summed E-state index contributed by atoms with van der Waals surface area (Å²) in [5.74, 6) is -0.178. The van der Waals surface area contributed by atoms with Gasteiger partial charge in [-0.15, -0.1) is 0 Å². The number of para-hydroxylation sites is 1. The van der Waals surface area contributed by atoms with Gasteiger partial charge in [-0.1, -0.05) is 46.3 Å². The van der Waals surface area contributed by atoms with E-state index in [2.05, 4.69) is 31.4 Å². The number of aromatic nitrogens is 2. The Bertz CT molecular complexity index is 780. The fourth-order valence-corrected chi connectivity index (χ4v) is 2.50. The molecule has 1 amide bonds. The molecule has 3 aromatic rings. The number of aromatic amines is 1. The van der Waals surface area contributed by atoms with Gasteiger partial charge in [0.15, 0.2) is 5.69 Å². The number of fused-ring (bicyclic) bond motifs is 1. The van der Waals surface area contributed by atoms with Crippen LogP contribution < -0.4 is 5.32 Å². The fourth-order valence-electron chi connectivity index (χ4n) is 2.24. The maximum atomic E-state index is 12.4. The Morgan fingerprint density at radius 2 is 1.90 bits per heavy atom. The van der Waals surface area contributed by atoms with Crippen LogP contribution in [0.25, 0.3) is 10.9 Å². The number of carbonyl (C=O) groups is 1. The Labute approximate surface area is 130 Å². The van der Waals surface area contributed by atoms with Crippen molar-refractivity contribution in [3.8, 4) is 0 Å². The highest BCUT2D eigenvalue weighted by Crippen LogP contribution is 2.19. The lowest BCUT2D eigenvalue weighted by Gasteiger charge is -2.13. The van der Waals surface area contributed by atoms with Crippen molar-refractivity contribution in [1.29, 1.82) is 0 Å². The first-order valence-electron chi connectivity index (χ1n) is 6.64. The molecule has 0 saturated heterocycles. The number of hydrogen-bond donors (Lipinski definition) is 2. The summed E-state index contributed by atoms with van der Waals surface area (Å²) >= 11 is 3.40. The predicted octanol–water partition coefficient (Wildman–Crippen LogP) is 3.82. The lowest BCUT2D eigenvalue weighted by atomic mass is 10.1. The first-order chi connectivity index (χ1) is 10.1. The second-order valence-corrected chi connectivity index (χ2v) is 5.78. The second kappa shape index (κ2) is 5.69. The third-order valence-corrected chi connectivity index (χ3v) is 3.93. The van der Waals surface area contributed by atoms with Gasteiger partial charge in [-0.3, -0.25) is 9.89 Å². The Morgan fingerprint density at radius 3 is 2.67 bits per heavy atom. The summed E-state index contributed by atoms with van der Waals surface area (Å²) in [5, 5.41) is 10.8. The largest absolute Gasteiger partial charge is 0.344 e. The molecule has 0 saturated carbocycles. The van der Waals surface area contributed by atoms with Crippen molar-refractivity contribution in [3.63, 3.8) is 0 Å². The highest BCUT2D eigenvalue weighted by Gasteiger charge is 2.16. The summed E-state index contributed by atoms with van der Waals surface area (Å²) in [6.07, 6.45) is 0. The van der Waals surface area contributed by atoms with E-state index in [1.807, 2.05) is 55.5 Å². The molecule has 0 aliphatic rings. The number of halogens is 1. The summed E-state index contributed by atoms with van der Waals surface area (Å²) in [5.41, 5.74) is 2.33. The normalized spacial score (nSPS) is 12.3. The van der Waals surface area contributed by atoms with Gasteiger partial charge >= 0.3 is 0 Å². The molecule has 0 radical (unpaired) electrons. The fraction of sp³-hybridized carbons (Fsp3) is 0.125. The standard InChI is InChI=1S/C16H14BrN3O/c1-10(11-6-8-12(17)9-7-11)18-16(21)15-13-4-2-3-5-14(13)19-20-15/h2-10H,1H3,(H,18,21)(H,19,20)/t10-/m0/s1.